The first kappa shape index (κ1) is 22.6. The molecule has 0 spiro atoms. The van der Waals surface area contributed by atoms with Crippen molar-refractivity contribution in [1.29, 1.82) is 5.26 Å². The first-order valence-electron chi connectivity index (χ1n) is 10.5. The van der Waals surface area contributed by atoms with Crippen molar-refractivity contribution in [3.8, 4) is 11.8 Å². The topological polar surface area (TPSA) is 91.2 Å². The maximum absolute atomic E-state index is 13.5. The second-order valence-corrected chi connectivity index (χ2v) is 8.66. The van der Waals surface area contributed by atoms with Gasteiger partial charge in [-0.1, -0.05) is 36.0 Å². The highest BCUT2D eigenvalue weighted by Gasteiger charge is 2.37. The number of hydrogen-bond donors (Lipinski definition) is 2. The van der Waals surface area contributed by atoms with E-state index in [9.17, 15) is 19.2 Å². The van der Waals surface area contributed by atoms with E-state index in [1.165, 1.54) is 31.0 Å². The molecule has 1 aliphatic heterocycles. The van der Waals surface area contributed by atoms with Gasteiger partial charge in [0, 0.05) is 17.7 Å². The first-order valence-corrected chi connectivity index (χ1v) is 11.5. The highest BCUT2D eigenvalue weighted by Crippen LogP contribution is 2.44. The van der Waals surface area contributed by atoms with Crippen molar-refractivity contribution < 1.29 is 18.7 Å². The van der Waals surface area contributed by atoms with Gasteiger partial charge < -0.3 is 15.4 Å². The summed E-state index contributed by atoms with van der Waals surface area (Å²) >= 11 is 1.20. The van der Waals surface area contributed by atoms with Gasteiger partial charge in [-0.15, -0.1) is 0 Å². The molecule has 0 radical (unpaired) electrons. The number of thioether (sulfide) groups is 1. The molecule has 0 saturated carbocycles. The van der Waals surface area contributed by atoms with Crippen LogP contribution in [0.3, 0.4) is 0 Å². The summed E-state index contributed by atoms with van der Waals surface area (Å²) in [5.41, 5.74) is 2.92. The fraction of sp³-hybridized carbons (Fsp3) is 0.240. The Morgan fingerprint density at radius 3 is 2.73 bits per heavy atom. The van der Waals surface area contributed by atoms with E-state index in [2.05, 4.69) is 16.7 Å². The maximum atomic E-state index is 13.5. The van der Waals surface area contributed by atoms with Crippen LogP contribution in [0.4, 0.5) is 10.1 Å². The van der Waals surface area contributed by atoms with Crippen molar-refractivity contribution in [1.82, 2.24) is 5.32 Å². The SMILES string of the molecule is COc1ccccc1NC(=O)CSC1=C(C#N)C(c2ccc(F)cc2)C2=C(CCCC2=O)N1. The van der Waals surface area contributed by atoms with Crippen LogP contribution in [0.25, 0.3) is 0 Å². The zero-order chi connectivity index (χ0) is 23.4. The molecule has 1 atom stereocenters. The number of methoxy groups -OCH3 is 1. The number of amides is 1. The number of hydrogen-bond acceptors (Lipinski definition) is 6. The Balaban J connectivity index is 1.61. The van der Waals surface area contributed by atoms with E-state index in [1.807, 2.05) is 6.07 Å². The number of ether oxygens (including phenoxy) is 1. The molecule has 1 amide bonds. The van der Waals surface area contributed by atoms with Gasteiger partial charge in [-0.3, -0.25) is 9.59 Å². The van der Waals surface area contributed by atoms with Gasteiger partial charge in [0.1, 0.15) is 11.6 Å². The Labute approximate surface area is 195 Å². The van der Waals surface area contributed by atoms with E-state index in [0.29, 0.717) is 46.0 Å². The van der Waals surface area contributed by atoms with Gasteiger partial charge in [0.05, 0.1) is 41.1 Å². The number of rotatable bonds is 6. The molecule has 4 rings (SSSR count). The number of nitrogens with one attached hydrogen (secondary N) is 2. The summed E-state index contributed by atoms with van der Waals surface area (Å²) in [5, 5.41) is 16.6. The molecular weight excluding hydrogens is 441 g/mol. The van der Waals surface area contributed by atoms with Crippen LogP contribution in [0.15, 0.2) is 70.4 Å². The third kappa shape index (κ3) is 4.78. The summed E-state index contributed by atoms with van der Waals surface area (Å²) in [6.07, 6.45) is 1.81. The molecule has 1 aliphatic carbocycles. The van der Waals surface area contributed by atoms with Crippen molar-refractivity contribution in [3.63, 3.8) is 0 Å². The molecule has 33 heavy (non-hydrogen) atoms. The number of carbonyl (C=O) groups excluding carboxylic acids is 2. The largest absolute Gasteiger partial charge is 0.495 e. The van der Waals surface area contributed by atoms with Gasteiger partial charge in [0.2, 0.25) is 5.91 Å². The number of anilines is 1. The van der Waals surface area contributed by atoms with Crippen molar-refractivity contribution in [2.75, 3.05) is 18.2 Å². The molecular formula is C25H22FN3O3S. The Morgan fingerprint density at radius 1 is 1.24 bits per heavy atom. The Bertz CT molecular complexity index is 1200. The van der Waals surface area contributed by atoms with Crippen LogP contribution < -0.4 is 15.4 Å². The lowest BCUT2D eigenvalue weighted by molar-refractivity contribution is -0.116. The molecule has 2 N–H and O–H groups in total. The number of halogens is 1. The first-order chi connectivity index (χ1) is 16.0. The van der Waals surface area contributed by atoms with Gasteiger partial charge in [-0.25, -0.2) is 4.39 Å². The summed E-state index contributed by atoms with van der Waals surface area (Å²) in [6, 6.07) is 15.2. The zero-order valence-corrected chi connectivity index (χ0v) is 18.8. The molecule has 0 aromatic heterocycles. The minimum absolute atomic E-state index is 0.0104. The molecule has 1 unspecified atom stereocenters. The molecule has 0 bridgehead atoms. The van der Waals surface area contributed by atoms with E-state index < -0.39 is 5.92 Å². The van der Waals surface area contributed by atoms with Crippen LogP contribution in [-0.2, 0) is 9.59 Å². The number of benzene rings is 2. The number of dihydropyridines is 1. The fourth-order valence-corrected chi connectivity index (χ4v) is 4.96. The summed E-state index contributed by atoms with van der Waals surface area (Å²) in [7, 11) is 1.53. The number of ketones is 1. The highest BCUT2D eigenvalue weighted by molar-refractivity contribution is 8.03. The highest BCUT2D eigenvalue weighted by atomic mass is 32.2. The Morgan fingerprint density at radius 2 is 2.00 bits per heavy atom. The molecule has 0 fully saturated rings. The van der Waals surface area contributed by atoms with Gasteiger partial charge in [-0.05, 0) is 42.7 Å². The number of para-hydroxylation sites is 2. The third-order valence-corrected chi connectivity index (χ3v) is 6.61. The summed E-state index contributed by atoms with van der Waals surface area (Å²) in [6.45, 7) is 0. The second kappa shape index (κ2) is 9.92. The Hall–Kier alpha value is -3.57. The normalized spacial score (nSPS) is 17.7. The van der Waals surface area contributed by atoms with Crippen molar-refractivity contribution in [2.45, 2.75) is 25.2 Å². The van der Waals surface area contributed by atoms with Crippen LogP contribution in [0.2, 0.25) is 0 Å². The van der Waals surface area contributed by atoms with Crippen LogP contribution >= 0.6 is 11.8 Å². The summed E-state index contributed by atoms with van der Waals surface area (Å²) in [4.78, 5) is 25.4. The molecule has 8 heteroatoms. The second-order valence-electron chi connectivity index (χ2n) is 7.67. The maximum Gasteiger partial charge on any atom is 0.234 e. The molecule has 1 heterocycles. The standard InChI is InChI=1S/C25H22FN3O3S/c1-32-21-8-3-2-5-18(21)28-22(31)14-33-25-17(13-27)23(15-9-11-16(26)12-10-15)24-19(29-25)6-4-7-20(24)30/h2-3,5,8-12,23,29H,4,6-7,14H2,1H3,(H,28,31). The van der Waals surface area contributed by atoms with Crippen molar-refractivity contribution in [3.05, 3.63) is 81.8 Å². The fourth-order valence-electron chi connectivity index (χ4n) is 4.10. The number of nitrogens with zero attached hydrogens (tertiary/aromatic N) is 1. The molecule has 2 aromatic carbocycles. The zero-order valence-electron chi connectivity index (χ0n) is 18.0. The van der Waals surface area contributed by atoms with E-state index in [4.69, 9.17) is 4.74 Å². The predicted octanol–water partition coefficient (Wildman–Crippen LogP) is 4.64. The van der Waals surface area contributed by atoms with Crippen molar-refractivity contribution in [2.24, 2.45) is 0 Å². The van der Waals surface area contributed by atoms with E-state index in [-0.39, 0.29) is 23.3 Å². The van der Waals surface area contributed by atoms with E-state index >= 15 is 0 Å². The van der Waals surface area contributed by atoms with Crippen LogP contribution in [0, 0.1) is 17.1 Å². The molecule has 2 aliphatic rings. The van der Waals surface area contributed by atoms with Crippen molar-refractivity contribution >= 4 is 29.1 Å². The summed E-state index contributed by atoms with van der Waals surface area (Å²) < 4.78 is 18.8. The monoisotopic (exact) mass is 463 g/mol. The van der Waals surface area contributed by atoms with E-state index in [1.54, 1.807) is 30.3 Å². The lowest BCUT2D eigenvalue weighted by Gasteiger charge is -2.33. The quantitative estimate of drug-likeness (QED) is 0.649. The van der Waals surface area contributed by atoms with Gasteiger partial charge in [0.15, 0.2) is 5.78 Å². The third-order valence-electron chi connectivity index (χ3n) is 5.59. The average molecular weight is 464 g/mol. The van der Waals surface area contributed by atoms with Crippen LogP contribution in [0.1, 0.15) is 30.7 Å². The smallest absolute Gasteiger partial charge is 0.234 e. The van der Waals surface area contributed by atoms with Crippen LogP contribution in [-0.4, -0.2) is 24.6 Å². The summed E-state index contributed by atoms with van der Waals surface area (Å²) in [5.74, 6) is -0.632. The number of carbonyl (C=O) groups is 2. The minimum atomic E-state index is -0.584. The lowest BCUT2D eigenvalue weighted by Crippen LogP contribution is -2.31. The number of allylic oxidation sites excluding steroid dienone is 3. The molecule has 168 valence electrons. The van der Waals surface area contributed by atoms with Gasteiger partial charge >= 0.3 is 0 Å². The average Bonchev–Trinajstić information content (AvgIpc) is 2.83. The van der Waals surface area contributed by atoms with E-state index in [0.717, 1.165) is 12.1 Å². The van der Waals surface area contributed by atoms with Gasteiger partial charge in [-0.2, -0.15) is 5.26 Å². The molecule has 6 nitrogen and oxygen atoms in total. The lowest BCUT2D eigenvalue weighted by atomic mass is 9.77. The number of Topliss-reactive ketones (excluding diaryl/α,β-unsaturated/α-hetero) is 1. The Kier molecular flexibility index (Phi) is 6.80. The van der Waals surface area contributed by atoms with Gasteiger partial charge in [0.25, 0.3) is 0 Å². The van der Waals surface area contributed by atoms with Crippen LogP contribution in [0.5, 0.6) is 5.75 Å². The molecule has 0 saturated heterocycles. The number of nitriles is 1. The molecule has 2 aromatic rings. The predicted molar refractivity (Wildman–Crippen MR) is 125 cm³/mol. The minimum Gasteiger partial charge on any atom is -0.495 e.